The van der Waals surface area contributed by atoms with Gasteiger partial charge in [0.15, 0.2) is 0 Å². The summed E-state index contributed by atoms with van der Waals surface area (Å²) < 4.78 is 6.77. The summed E-state index contributed by atoms with van der Waals surface area (Å²) in [4.78, 5) is 20.2. The molecule has 1 aromatic rings. The van der Waals surface area contributed by atoms with Crippen LogP contribution in [-0.2, 0) is 15.8 Å². The van der Waals surface area contributed by atoms with Crippen LogP contribution in [0.5, 0.6) is 0 Å². The van der Waals surface area contributed by atoms with Crippen LogP contribution in [0, 0.1) is 3.57 Å². The maximum absolute atomic E-state index is 12.3. The first-order valence-corrected chi connectivity index (χ1v) is 8.83. The third-order valence-electron chi connectivity index (χ3n) is 4.09. The molecule has 0 atom stereocenters. The number of rotatable bonds is 3. The molecule has 0 radical (unpaired) electrons. The molecule has 0 spiro atoms. The van der Waals surface area contributed by atoms with Crippen LogP contribution in [0.4, 0.5) is 0 Å². The Morgan fingerprint density at radius 3 is 2.43 bits per heavy atom. The van der Waals surface area contributed by atoms with E-state index in [-0.39, 0.29) is 11.0 Å². The topological polar surface area (TPSA) is 55.0 Å². The van der Waals surface area contributed by atoms with Crippen LogP contribution in [-0.4, -0.2) is 16.6 Å². The first-order valence-electron chi connectivity index (χ1n) is 7.75. The second kappa shape index (κ2) is 6.36. The summed E-state index contributed by atoms with van der Waals surface area (Å²) in [6.45, 7) is 8.92. The van der Waals surface area contributed by atoms with Gasteiger partial charge in [-0.05, 0) is 42.4 Å². The van der Waals surface area contributed by atoms with Gasteiger partial charge in [-0.25, -0.2) is 4.98 Å². The predicted molar refractivity (Wildman–Crippen MR) is 92.7 cm³/mol. The molecule has 5 heteroatoms. The molecule has 118 valence electrons. The third-order valence-corrected chi connectivity index (χ3v) is 5.09. The Kier molecular flexibility index (Phi) is 5.13. The maximum atomic E-state index is 12.3. The van der Waals surface area contributed by atoms with Crippen LogP contribution in [0.25, 0.3) is 0 Å². The second-order valence-electron chi connectivity index (χ2n) is 6.82. The molecular formula is C16H25IN2O2. The van der Waals surface area contributed by atoms with Gasteiger partial charge in [0.25, 0.3) is 5.56 Å². The Morgan fingerprint density at radius 1 is 1.29 bits per heavy atom. The summed E-state index contributed by atoms with van der Waals surface area (Å²) in [6, 6.07) is 0. The van der Waals surface area contributed by atoms with Gasteiger partial charge in [-0.3, -0.25) is 4.79 Å². The molecule has 1 aromatic heterocycles. The van der Waals surface area contributed by atoms with Crippen LogP contribution in [0.15, 0.2) is 4.79 Å². The van der Waals surface area contributed by atoms with Gasteiger partial charge in [-0.15, -0.1) is 0 Å². The van der Waals surface area contributed by atoms with Crippen molar-refractivity contribution in [3.05, 3.63) is 25.4 Å². The molecule has 0 saturated heterocycles. The smallest absolute Gasteiger partial charge is 0.264 e. The van der Waals surface area contributed by atoms with Crippen molar-refractivity contribution in [2.24, 2.45) is 0 Å². The number of nitrogens with one attached hydrogen (secondary N) is 1. The van der Waals surface area contributed by atoms with Crippen LogP contribution in [0.3, 0.4) is 0 Å². The van der Waals surface area contributed by atoms with E-state index >= 15 is 0 Å². The minimum absolute atomic E-state index is 0.0461. The number of H-pyrrole nitrogens is 1. The summed E-state index contributed by atoms with van der Waals surface area (Å²) in [7, 11) is 0. The minimum Gasteiger partial charge on any atom is -0.367 e. The summed E-state index contributed by atoms with van der Waals surface area (Å²) in [5.74, 6) is 0.722. The molecule has 1 aliphatic rings. The fraction of sp³-hybridized carbons (Fsp3) is 0.750. The molecule has 2 rings (SSSR count). The van der Waals surface area contributed by atoms with Crippen molar-refractivity contribution in [3.63, 3.8) is 0 Å². The molecular weight excluding hydrogens is 379 g/mol. The number of hydrogen-bond donors (Lipinski definition) is 1. The molecule has 0 aliphatic heterocycles. The van der Waals surface area contributed by atoms with E-state index in [2.05, 4.69) is 48.3 Å². The molecule has 1 aliphatic carbocycles. The summed E-state index contributed by atoms with van der Waals surface area (Å²) >= 11 is 2.10. The fourth-order valence-electron chi connectivity index (χ4n) is 3.02. The van der Waals surface area contributed by atoms with Crippen molar-refractivity contribution in [1.82, 2.24) is 9.97 Å². The van der Waals surface area contributed by atoms with Crippen LogP contribution in [0.2, 0.25) is 0 Å². The zero-order valence-corrected chi connectivity index (χ0v) is 15.5. The maximum Gasteiger partial charge on any atom is 0.264 e. The standard InChI is InChI=1S/C16H25IN2O2/c1-5-21-16(9-7-6-8-10-16)14-18-12(15(2,3)4)11(17)13(20)19-14/h5-10H2,1-4H3,(H,18,19,20). The lowest BCUT2D eigenvalue weighted by Crippen LogP contribution is -2.38. The molecule has 0 aromatic carbocycles. The van der Waals surface area contributed by atoms with Crippen molar-refractivity contribution in [2.45, 2.75) is 70.8 Å². The highest BCUT2D eigenvalue weighted by atomic mass is 127. The van der Waals surface area contributed by atoms with Crippen molar-refractivity contribution < 1.29 is 4.74 Å². The van der Waals surface area contributed by atoms with E-state index in [1.807, 2.05) is 6.92 Å². The number of aromatic amines is 1. The van der Waals surface area contributed by atoms with Crippen LogP contribution in [0.1, 0.15) is 71.3 Å². The summed E-state index contributed by atoms with van der Waals surface area (Å²) in [5, 5.41) is 0. The van der Waals surface area contributed by atoms with Crippen molar-refractivity contribution in [2.75, 3.05) is 6.61 Å². The molecule has 0 amide bonds. The quantitative estimate of drug-likeness (QED) is 0.779. The Hall–Kier alpha value is -0.430. The van der Waals surface area contributed by atoms with E-state index in [4.69, 9.17) is 9.72 Å². The Morgan fingerprint density at radius 2 is 1.90 bits per heavy atom. The SMILES string of the molecule is CCOC1(c2nc(C(C)(C)C)c(I)c(=O)[nH]2)CCCCC1. The molecule has 21 heavy (non-hydrogen) atoms. The van der Waals surface area contributed by atoms with Gasteiger partial charge < -0.3 is 9.72 Å². The van der Waals surface area contributed by atoms with Gasteiger partial charge >= 0.3 is 0 Å². The number of halogens is 1. The number of nitrogens with zero attached hydrogens (tertiary/aromatic N) is 1. The average Bonchev–Trinajstić information content (AvgIpc) is 2.41. The zero-order chi connectivity index (χ0) is 15.7. The second-order valence-corrected chi connectivity index (χ2v) is 7.89. The van der Waals surface area contributed by atoms with E-state index in [0.717, 1.165) is 37.2 Å². The minimum atomic E-state index is -0.406. The molecule has 0 bridgehead atoms. The average molecular weight is 404 g/mol. The lowest BCUT2D eigenvalue weighted by atomic mass is 9.83. The fourth-order valence-corrected chi connectivity index (χ4v) is 4.08. The Bertz CT molecular complexity index is 549. The molecule has 1 saturated carbocycles. The molecule has 4 nitrogen and oxygen atoms in total. The zero-order valence-electron chi connectivity index (χ0n) is 13.4. The first-order chi connectivity index (χ1) is 9.80. The molecule has 1 heterocycles. The summed E-state index contributed by atoms with van der Waals surface area (Å²) in [5.41, 5.74) is 0.264. The van der Waals surface area contributed by atoms with E-state index in [9.17, 15) is 4.79 Å². The monoisotopic (exact) mass is 404 g/mol. The normalized spacial score (nSPS) is 18.7. The third kappa shape index (κ3) is 3.50. The van der Waals surface area contributed by atoms with E-state index < -0.39 is 5.60 Å². The van der Waals surface area contributed by atoms with Gasteiger partial charge in [0.05, 0.1) is 5.69 Å². The lowest BCUT2D eigenvalue weighted by Gasteiger charge is -2.36. The highest BCUT2D eigenvalue weighted by Crippen LogP contribution is 2.39. The van der Waals surface area contributed by atoms with Crippen molar-refractivity contribution in [3.8, 4) is 0 Å². The van der Waals surface area contributed by atoms with E-state index in [1.54, 1.807) is 0 Å². The van der Waals surface area contributed by atoms with Gasteiger partial charge in [0, 0.05) is 12.0 Å². The number of hydrogen-bond acceptors (Lipinski definition) is 3. The van der Waals surface area contributed by atoms with Crippen molar-refractivity contribution >= 4 is 22.6 Å². The lowest BCUT2D eigenvalue weighted by molar-refractivity contribution is -0.0771. The molecule has 0 unspecified atom stereocenters. The Labute approximate surface area is 140 Å². The number of aromatic nitrogens is 2. The van der Waals surface area contributed by atoms with Gasteiger partial charge in [0.2, 0.25) is 0 Å². The predicted octanol–water partition coefficient (Wildman–Crippen LogP) is 3.87. The van der Waals surface area contributed by atoms with Crippen LogP contribution < -0.4 is 5.56 Å². The largest absolute Gasteiger partial charge is 0.367 e. The molecule has 1 fully saturated rings. The highest BCUT2D eigenvalue weighted by molar-refractivity contribution is 14.1. The highest BCUT2D eigenvalue weighted by Gasteiger charge is 2.38. The van der Waals surface area contributed by atoms with Crippen molar-refractivity contribution in [1.29, 1.82) is 0 Å². The van der Waals surface area contributed by atoms with Gasteiger partial charge in [-0.1, -0.05) is 40.0 Å². The van der Waals surface area contributed by atoms with E-state index in [1.165, 1.54) is 6.42 Å². The van der Waals surface area contributed by atoms with Crippen LogP contribution >= 0.6 is 22.6 Å². The van der Waals surface area contributed by atoms with Gasteiger partial charge in [0.1, 0.15) is 15.0 Å². The Balaban J connectivity index is 2.56. The molecule has 1 N–H and O–H groups in total. The van der Waals surface area contributed by atoms with E-state index in [0.29, 0.717) is 10.2 Å². The number of ether oxygens (including phenoxy) is 1. The first kappa shape index (κ1) is 16.9. The van der Waals surface area contributed by atoms with Gasteiger partial charge in [-0.2, -0.15) is 0 Å². The summed E-state index contributed by atoms with van der Waals surface area (Å²) in [6.07, 6.45) is 5.36.